The highest BCUT2D eigenvalue weighted by Gasteiger charge is 2.21. The zero-order valence-electron chi connectivity index (χ0n) is 17.8. The lowest BCUT2D eigenvalue weighted by Crippen LogP contribution is -2.29. The predicted octanol–water partition coefficient (Wildman–Crippen LogP) is 6.59. The van der Waals surface area contributed by atoms with E-state index in [2.05, 4.69) is 129 Å². The van der Waals surface area contributed by atoms with E-state index in [0.29, 0.717) is 6.04 Å². The molecule has 2 heteroatoms. The number of benzene rings is 2. The maximum atomic E-state index is 2.35. The highest BCUT2D eigenvalue weighted by Crippen LogP contribution is 2.34. The van der Waals surface area contributed by atoms with E-state index in [-0.39, 0.29) is 5.41 Å². The lowest BCUT2D eigenvalue weighted by molar-refractivity contribution is 0.590. The molecule has 0 saturated carbocycles. The Morgan fingerprint density at radius 1 is 0.828 bits per heavy atom. The van der Waals surface area contributed by atoms with Crippen LogP contribution >= 0.6 is 0 Å². The van der Waals surface area contributed by atoms with E-state index in [4.69, 9.17) is 0 Å². The summed E-state index contributed by atoms with van der Waals surface area (Å²) in [6, 6.07) is 19.6. The van der Waals surface area contributed by atoms with E-state index >= 15 is 0 Å². The summed E-state index contributed by atoms with van der Waals surface area (Å²) in [5.74, 6) is 0. The molecule has 0 aromatic heterocycles. The van der Waals surface area contributed by atoms with Crippen LogP contribution in [0, 0.1) is 0 Å². The molecule has 2 aliphatic rings. The van der Waals surface area contributed by atoms with Crippen molar-refractivity contribution >= 4 is 11.4 Å². The SMILES string of the molecule is CC1C=C(C2=CCN(c3ccccc3C(C)(C)C)C=C2)C=CN1c1ccccc1. The first-order chi connectivity index (χ1) is 13.9. The largest absolute Gasteiger partial charge is 0.344 e. The average molecular weight is 383 g/mol. The molecule has 0 fully saturated rings. The number of hydrogen-bond donors (Lipinski definition) is 0. The van der Waals surface area contributed by atoms with Gasteiger partial charge in [-0.05, 0) is 59.4 Å². The normalized spacial score (nSPS) is 19.2. The highest BCUT2D eigenvalue weighted by atomic mass is 15.1. The van der Waals surface area contributed by atoms with Gasteiger partial charge in [0.1, 0.15) is 0 Å². The Kier molecular flexibility index (Phi) is 5.19. The Morgan fingerprint density at radius 3 is 2.17 bits per heavy atom. The minimum Gasteiger partial charge on any atom is -0.344 e. The van der Waals surface area contributed by atoms with Crippen molar-refractivity contribution in [3.8, 4) is 0 Å². The van der Waals surface area contributed by atoms with Crippen molar-refractivity contribution in [2.24, 2.45) is 0 Å². The number of allylic oxidation sites excluding steroid dienone is 4. The van der Waals surface area contributed by atoms with E-state index in [1.54, 1.807) is 0 Å². The molecule has 2 nitrogen and oxygen atoms in total. The molecule has 0 saturated heterocycles. The summed E-state index contributed by atoms with van der Waals surface area (Å²) in [4.78, 5) is 4.65. The fourth-order valence-corrected chi connectivity index (χ4v) is 4.05. The number of hydrogen-bond acceptors (Lipinski definition) is 2. The molecule has 0 amide bonds. The monoisotopic (exact) mass is 382 g/mol. The van der Waals surface area contributed by atoms with Crippen LogP contribution in [0.1, 0.15) is 33.3 Å². The maximum Gasteiger partial charge on any atom is 0.0497 e. The van der Waals surface area contributed by atoms with Crippen LogP contribution in [0.3, 0.4) is 0 Å². The van der Waals surface area contributed by atoms with Crippen LogP contribution in [0.25, 0.3) is 0 Å². The van der Waals surface area contributed by atoms with Crippen LogP contribution in [0.15, 0.2) is 102 Å². The first-order valence-corrected chi connectivity index (χ1v) is 10.4. The maximum absolute atomic E-state index is 2.35. The summed E-state index contributed by atoms with van der Waals surface area (Å²) in [6.45, 7) is 9.96. The Morgan fingerprint density at radius 2 is 1.52 bits per heavy atom. The number of para-hydroxylation sites is 2. The fourth-order valence-electron chi connectivity index (χ4n) is 4.05. The van der Waals surface area contributed by atoms with Gasteiger partial charge in [0.15, 0.2) is 0 Å². The molecule has 2 heterocycles. The molecule has 2 aromatic rings. The Hall–Kier alpha value is -3.00. The van der Waals surface area contributed by atoms with Gasteiger partial charge < -0.3 is 9.80 Å². The quantitative estimate of drug-likeness (QED) is 0.590. The molecule has 29 heavy (non-hydrogen) atoms. The van der Waals surface area contributed by atoms with Gasteiger partial charge in [-0.2, -0.15) is 0 Å². The van der Waals surface area contributed by atoms with Crippen molar-refractivity contribution in [2.75, 3.05) is 16.3 Å². The summed E-state index contributed by atoms with van der Waals surface area (Å²) in [5, 5.41) is 0. The van der Waals surface area contributed by atoms with Gasteiger partial charge >= 0.3 is 0 Å². The van der Waals surface area contributed by atoms with Gasteiger partial charge in [0.25, 0.3) is 0 Å². The third-order valence-electron chi connectivity index (χ3n) is 5.63. The lowest BCUT2D eigenvalue weighted by Gasteiger charge is -2.32. The summed E-state index contributed by atoms with van der Waals surface area (Å²) < 4.78 is 0. The smallest absolute Gasteiger partial charge is 0.0497 e. The van der Waals surface area contributed by atoms with Crippen LogP contribution in [0.2, 0.25) is 0 Å². The first-order valence-electron chi connectivity index (χ1n) is 10.4. The third-order valence-corrected chi connectivity index (χ3v) is 5.63. The summed E-state index contributed by atoms with van der Waals surface area (Å²) >= 11 is 0. The molecule has 1 unspecified atom stereocenters. The molecule has 2 aliphatic heterocycles. The molecule has 0 spiro atoms. The van der Waals surface area contributed by atoms with Gasteiger partial charge in [0, 0.05) is 36.4 Å². The molecule has 4 rings (SSSR count). The molecule has 0 aliphatic carbocycles. The minimum atomic E-state index is 0.124. The fraction of sp³-hybridized carbons (Fsp3) is 0.259. The first kappa shape index (κ1) is 19.3. The molecule has 2 aromatic carbocycles. The van der Waals surface area contributed by atoms with Crippen LogP contribution in [0.5, 0.6) is 0 Å². The van der Waals surface area contributed by atoms with Crippen molar-refractivity contribution in [3.05, 3.63) is 108 Å². The Balaban J connectivity index is 1.51. The summed E-state index contributed by atoms with van der Waals surface area (Å²) in [7, 11) is 0. The molecular formula is C27H30N2. The predicted molar refractivity (Wildman–Crippen MR) is 125 cm³/mol. The summed E-state index contributed by atoms with van der Waals surface area (Å²) in [6.07, 6.45) is 13.6. The number of rotatable bonds is 3. The molecule has 1 atom stereocenters. The Bertz CT molecular complexity index is 987. The van der Waals surface area contributed by atoms with E-state index in [0.717, 1.165) is 6.54 Å². The molecule has 0 bridgehead atoms. The van der Waals surface area contributed by atoms with Crippen LogP contribution in [-0.4, -0.2) is 12.6 Å². The highest BCUT2D eigenvalue weighted by molar-refractivity contribution is 5.63. The minimum absolute atomic E-state index is 0.124. The molecule has 148 valence electrons. The molecule has 0 N–H and O–H groups in total. The zero-order chi connectivity index (χ0) is 20.4. The van der Waals surface area contributed by atoms with Crippen LogP contribution < -0.4 is 9.80 Å². The van der Waals surface area contributed by atoms with E-state index < -0.39 is 0 Å². The van der Waals surface area contributed by atoms with Crippen molar-refractivity contribution in [1.29, 1.82) is 0 Å². The van der Waals surface area contributed by atoms with E-state index in [1.165, 1.54) is 28.1 Å². The second-order valence-corrected chi connectivity index (χ2v) is 8.82. The van der Waals surface area contributed by atoms with Gasteiger partial charge in [0.05, 0.1) is 0 Å². The average Bonchev–Trinajstić information content (AvgIpc) is 2.74. The lowest BCUT2D eigenvalue weighted by atomic mass is 9.85. The van der Waals surface area contributed by atoms with Gasteiger partial charge in [-0.3, -0.25) is 0 Å². The second kappa shape index (κ2) is 7.79. The Labute approximate surface area is 175 Å². The third kappa shape index (κ3) is 4.07. The van der Waals surface area contributed by atoms with E-state index in [1.807, 2.05) is 0 Å². The topological polar surface area (TPSA) is 6.48 Å². The summed E-state index contributed by atoms with van der Waals surface area (Å²) in [5.41, 5.74) is 6.62. The van der Waals surface area contributed by atoms with Crippen molar-refractivity contribution in [1.82, 2.24) is 0 Å². The van der Waals surface area contributed by atoms with Crippen molar-refractivity contribution in [2.45, 2.75) is 39.2 Å². The van der Waals surface area contributed by atoms with Gasteiger partial charge in [-0.15, -0.1) is 0 Å². The zero-order valence-corrected chi connectivity index (χ0v) is 17.8. The van der Waals surface area contributed by atoms with Crippen LogP contribution in [0.4, 0.5) is 11.4 Å². The van der Waals surface area contributed by atoms with Gasteiger partial charge in [-0.25, -0.2) is 0 Å². The van der Waals surface area contributed by atoms with E-state index in [9.17, 15) is 0 Å². The number of anilines is 2. The molecular weight excluding hydrogens is 352 g/mol. The van der Waals surface area contributed by atoms with Gasteiger partial charge in [-0.1, -0.05) is 69.3 Å². The molecule has 0 radical (unpaired) electrons. The van der Waals surface area contributed by atoms with Crippen molar-refractivity contribution < 1.29 is 0 Å². The second-order valence-electron chi connectivity index (χ2n) is 8.82. The number of nitrogens with zero attached hydrogens (tertiary/aromatic N) is 2. The standard InChI is InChI=1S/C27H30N2/c1-21-20-23(16-19-29(21)24-10-6-5-7-11-24)22-14-17-28(18-15-22)26-13-9-8-12-25(26)27(2,3)4/h5-17,19-21H,18H2,1-4H3. The van der Waals surface area contributed by atoms with Crippen LogP contribution in [-0.2, 0) is 5.41 Å². The van der Waals surface area contributed by atoms with Crippen molar-refractivity contribution in [3.63, 3.8) is 0 Å². The van der Waals surface area contributed by atoms with Gasteiger partial charge in [0.2, 0.25) is 0 Å².